The van der Waals surface area contributed by atoms with Crippen LogP contribution in [0.2, 0.25) is 0 Å². The largest absolute Gasteiger partial charge is 0.356 e. The molecule has 2 nitrogen and oxygen atoms in total. The van der Waals surface area contributed by atoms with Crippen molar-refractivity contribution in [2.75, 3.05) is 11.1 Å². The van der Waals surface area contributed by atoms with Crippen molar-refractivity contribution in [1.82, 2.24) is 5.32 Å². The molecule has 0 radical (unpaired) electrons. The van der Waals surface area contributed by atoms with Crippen molar-refractivity contribution in [3.05, 3.63) is 58.9 Å². The van der Waals surface area contributed by atoms with Crippen LogP contribution in [0.15, 0.2) is 41.3 Å². The molecule has 0 spiro atoms. The van der Waals surface area contributed by atoms with E-state index in [9.17, 15) is 4.39 Å². The first-order valence-electron chi connectivity index (χ1n) is 7.59. The average molecular weight is 346 g/mol. The summed E-state index contributed by atoms with van der Waals surface area (Å²) in [6.07, 6.45) is 0.926. The minimum atomic E-state index is -0.203. The van der Waals surface area contributed by atoms with Gasteiger partial charge in [0.15, 0.2) is 5.11 Å². The Morgan fingerprint density at radius 1 is 1.17 bits per heavy atom. The van der Waals surface area contributed by atoms with Crippen LogP contribution in [0, 0.1) is 19.7 Å². The van der Waals surface area contributed by atoms with Crippen molar-refractivity contribution < 1.29 is 4.39 Å². The molecule has 2 aromatic rings. The van der Waals surface area contributed by atoms with Crippen molar-refractivity contribution in [3.8, 4) is 0 Å². The van der Waals surface area contributed by atoms with Gasteiger partial charge in [-0.3, -0.25) is 0 Å². The van der Waals surface area contributed by atoms with Gasteiger partial charge in [0, 0.05) is 16.3 Å². The third kappa shape index (κ3) is 4.03. The lowest BCUT2D eigenvalue weighted by molar-refractivity contribution is 0.587. The maximum absolute atomic E-state index is 13.6. The molecule has 0 aliphatic carbocycles. The number of aryl methyl sites for hydroxylation is 2. The Kier molecular flexibility index (Phi) is 4.87. The minimum absolute atomic E-state index is 0.0489. The van der Waals surface area contributed by atoms with E-state index in [4.69, 9.17) is 12.2 Å². The van der Waals surface area contributed by atoms with Crippen LogP contribution in [0.1, 0.15) is 29.2 Å². The maximum Gasteiger partial charge on any atom is 0.171 e. The fourth-order valence-electron chi connectivity index (χ4n) is 2.89. The predicted octanol–water partition coefficient (Wildman–Crippen LogP) is 4.97. The molecular formula is C18H19FN2S2. The molecule has 1 aliphatic rings. The van der Waals surface area contributed by atoms with Crippen LogP contribution in [0.3, 0.4) is 0 Å². The summed E-state index contributed by atoms with van der Waals surface area (Å²) >= 11 is 7.21. The number of benzene rings is 2. The molecule has 0 aromatic heterocycles. The summed E-state index contributed by atoms with van der Waals surface area (Å²) in [7, 11) is 0. The molecule has 2 N–H and O–H groups in total. The van der Waals surface area contributed by atoms with E-state index in [1.165, 1.54) is 17.2 Å². The van der Waals surface area contributed by atoms with Crippen LogP contribution in [0.25, 0.3) is 0 Å². The lowest BCUT2D eigenvalue weighted by Gasteiger charge is -2.27. The highest BCUT2D eigenvalue weighted by Crippen LogP contribution is 2.36. The molecule has 0 saturated heterocycles. The Morgan fingerprint density at radius 3 is 2.65 bits per heavy atom. The van der Waals surface area contributed by atoms with E-state index in [1.807, 2.05) is 6.07 Å². The zero-order valence-corrected chi connectivity index (χ0v) is 14.8. The van der Waals surface area contributed by atoms with Crippen molar-refractivity contribution in [1.29, 1.82) is 0 Å². The summed E-state index contributed by atoms with van der Waals surface area (Å²) in [6, 6.07) is 11.3. The highest BCUT2D eigenvalue weighted by atomic mass is 32.2. The lowest BCUT2D eigenvalue weighted by atomic mass is 10.0. The van der Waals surface area contributed by atoms with Gasteiger partial charge in [0.2, 0.25) is 0 Å². The molecular weight excluding hydrogens is 327 g/mol. The molecule has 1 aliphatic heterocycles. The Hall–Kier alpha value is -1.59. The number of hydrogen-bond donors (Lipinski definition) is 2. The number of halogens is 1. The molecule has 0 fully saturated rings. The van der Waals surface area contributed by atoms with Gasteiger partial charge in [-0.25, -0.2) is 4.39 Å². The number of thioether (sulfide) groups is 1. The molecule has 0 saturated carbocycles. The highest BCUT2D eigenvalue weighted by molar-refractivity contribution is 7.99. The maximum atomic E-state index is 13.6. The van der Waals surface area contributed by atoms with Crippen LogP contribution >= 0.6 is 24.0 Å². The fraction of sp³-hybridized carbons (Fsp3) is 0.278. The summed E-state index contributed by atoms with van der Waals surface area (Å²) in [5, 5.41) is 7.14. The SMILES string of the molecule is Cc1cc(C)cc(NC(=S)N[C@H]2CCSc3ccc(F)cc32)c1. The van der Waals surface area contributed by atoms with E-state index < -0.39 is 0 Å². The third-order valence-electron chi connectivity index (χ3n) is 3.80. The highest BCUT2D eigenvalue weighted by Gasteiger charge is 2.22. The van der Waals surface area contributed by atoms with Gasteiger partial charge in [0.05, 0.1) is 6.04 Å². The minimum Gasteiger partial charge on any atom is -0.356 e. The van der Waals surface area contributed by atoms with Gasteiger partial charge in [-0.1, -0.05) is 6.07 Å². The molecule has 0 bridgehead atoms. The van der Waals surface area contributed by atoms with E-state index in [2.05, 4.69) is 42.7 Å². The normalized spacial score (nSPS) is 16.6. The van der Waals surface area contributed by atoms with Crippen LogP contribution in [0.5, 0.6) is 0 Å². The van der Waals surface area contributed by atoms with Crippen molar-refractivity contribution >= 4 is 34.8 Å². The van der Waals surface area contributed by atoms with Crippen LogP contribution < -0.4 is 10.6 Å². The third-order valence-corrected chi connectivity index (χ3v) is 5.14. The Morgan fingerprint density at radius 2 is 1.91 bits per heavy atom. The standard InChI is InChI=1S/C18H19FN2S2/c1-11-7-12(2)9-14(8-11)20-18(22)21-16-5-6-23-17-4-3-13(19)10-15(16)17/h3-4,7-10,16H,5-6H2,1-2H3,(H2,20,21,22)/t16-/m0/s1. The summed E-state index contributed by atoms with van der Waals surface area (Å²) < 4.78 is 13.6. The zero-order valence-electron chi connectivity index (χ0n) is 13.2. The number of thiocarbonyl (C=S) groups is 1. The summed E-state index contributed by atoms with van der Waals surface area (Å²) in [4.78, 5) is 1.13. The quantitative estimate of drug-likeness (QED) is 0.750. The number of rotatable bonds is 2. The zero-order chi connectivity index (χ0) is 16.4. The molecule has 2 aromatic carbocycles. The fourth-order valence-corrected chi connectivity index (χ4v) is 4.25. The Bertz CT molecular complexity index is 726. The average Bonchev–Trinajstić information content (AvgIpc) is 2.46. The molecule has 23 heavy (non-hydrogen) atoms. The molecule has 120 valence electrons. The number of hydrogen-bond acceptors (Lipinski definition) is 2. The van der Waals surface area contributed by atoms with E-state index >= 15 is 0 Å². The van der Waals surface area contributed by atoms with Crippen LogP contribution in [0.4, 0.5) is 10.1 Å². The number of nitrogens with one attached hydrogen (secondary N) is 2. The van der Waals surface area contributed by atoms with E-state index in [-0.39, 0.29) is 11.9 Å². The van der Waals surface area contributed by atoms with Gasteiger partial charge in [-0.15, -0.1) is 11.8 Å². The molecule has 1 atom stereocenters. The van der Waals surface area contributed by atoms with Gasteiger partial charge in [-0.05, 0) is 79.5 Å². The van der Waals surface area contributed by atoms with Crippen molar-refractivity contribution in [2.45, 2.75) is 31.2 Å². The predicted molar refractivity (Wildman–Crippen MR) is 99.8 cm³/mol. The number of anilines is 1. The smallest absolute Gasteiger partial charge is 0.171 e. The van der Waals surface area contributed by atoms with Gasteiger partial charge in [0.25, 0.3) is 0 Å². The van der Waals surface area contributed by atoms with E-state index in [0.717, 1.165) is 28.3 Å². The van der Waals surface area contributed by atoms with E-state index in [1.54, 1.807) is 17.8 Å². The first kappa shape index (κ1) is 16.3. The summed E-state index contributed by atoms with van der Waals surface area (Å²) in [5.74, 6) is 0.800. The Labute approximate surface area is 145 Å². The van der Waals surface area contributed by atoms with Crippen LogP contribution in [-0.2, 0) is 0 Å². The summed E-state index contributed by atoms with van der Waals surface area (Å²) in [6.45, 7) is 4.12. The van der Waals surface area contributed by atoms with Gasteiger partial charge in [0.1, 0.15) is 5.82 Å². The number of fused-ring (bicyclic) bond motifs is 1. The molecule has 3 rings (SSSR count). The van der Waals surface area contributed by atoms with Gasteiger partial charge in [-0.2, -0.15) is 0 Å². The monoisotopic (exact) mass is 346 g/mol. The molecule has 0 unspecified atom stereocenters. The Balaban J connectivity index is 1.73. The first-order chi connectivity index (χ1) is 11.0. The molecule has 0 amide bonds. The van der Waals surface area contributed by atoms with Crippen molar-refractivity contribution in [2.24, 2.45) is 0 Å². The lowest BCUT2D eigenvalue weighted by Crippen LogP contribution is -2.34. The van der Waals surface area contributed by atoms with Gasteiger partial charge < -0.3 is 10.6 Å². The van der Waals surface area contributed by atoms with Crippen molar-refractivity contribution in [3.63, 3.8) is 0 Å². The topological polar surface area (TPSA) is 24.1 Å². The summed E-state index contributed by atoms with van der Waals surface area (Å²) in [5.41, 5.74) is 4.35. The van der Waals surface area contributed by atoms with Crippen LogP contribution in [-0.4, -0.2) is 10.9 Å². The molecule has 5 heteroatoms. The second-order valence-electron chi connectivity index (χ2n) is 5.85. The first-order valence-corrected chi connectivity index (χ1v) is 8.99. The second-order valence-corrected chi connectivity index (χ2v) is 7.39. The second kappa shape index (κ2) is 6.89. The van der Waals surface area contributed by atoms with E-state index in [0.29, 0.717) is 5.11 Å². The van der Waals surface area contributed by atoms with Gasteiger partial charge >= 0.3 is 0 Å². The molecule has 1 heterocycles.